The average Bonchev–Trinajstić information content (AvgIpc) is 2.58. The van der Waals surface area contributed by atoms with Crippen molar-refractivity contribution in [2.45, 2.75) is 58.1 Å². The predicted molar refractivity (Wildman–Crippen MR) is 101 cm³/mol. The van der Waals surface area contributed by atoms with Crippen LogP contribution in [-0.4, -0.2) is 42.6 Å². The van der Waals surface area contributed by atoms with Gasteiger partial charge in [0.05, 0.1) is 4.47 Å². The number of likely N-dealkylation sites (tertiary alicyclic amines) is 1. The van der Waals surface area contributed by atoms with E-state index in [4.69, 9.17) is 4.74 Å². The van der Waals surface area contributed by atoms with Gasteiger partial charge in [-0.25, -0.2) is 4.39 Å². The second kappa shape index (κ2) is 10.1. The third-order valence-electron chi connectivity index (χ3n) is 4.68. The van der Waals surface area contributed by atoms with Gasteiger partial charge in [0, 0.05) is 12.6 Å². The highest BCUT2D eigenvalue weighted by Gasteiger charge is 2.18. The lowest BCUT2D eigenvalue weighted by Crippen LogP contribution is -2.39. The largest absolute Gasteiger partial charge is 0.480 e. The van der Waals surface area contributed by atoms with Gasteiger partial charge in [-0.1, -0.05) is 6.42 Å². The predicted octanol–water partition coefficient (Wildman–Crippen LogP) is 4.13. The molecule has 140 valence electrons. The quantitative estimate of drug-likeness (QED) is 0.650. The summed E-state index contributed by atoms with van der Waals surface area (Å²) in [4.78, 5) is 14.7. The number of piperidine rings is 1. The van der Waals surface area contributed by atoms with Gasteiger partial charge in [-0.3, -0.25) is 4.79 Å². The molecule has 0 aliphatic carbocycles. The Balaban J connectivity index is 1.64. The Morgan fingerprint density at radius 2 is 2.24 bits per heavy atom. The lowest BCUT2D eigenvalue weighted by molar-refractivity contribution is -0.127. The van der Waals surface area contributed by atoms with Crippen LogP contribution in [0.15, 0.2) is 22.7 Å². The number of carbonyl (C=O) groups is 1. The van der Waals surface area contributed by atoms with Gasteiger partial charge in [-0.15, -0.1) is 0 Å². The fourth-order valence-electron chi connectivity index (χ4n) is 3.10. The summed E-state index contributed by atoms with van der Waals surface area (Å²) in [5.74, 6) is -0.0370. The van der Waals surface area contributed by atoms with Gasteiger partial charge in [0.1, 0.15) is 11.6 Å². The molecule has 1 aliphatic rings. The Morgan fingerprint density at radius 1 is 1.44 bits per heavy atom. The van der Waals surface area contributed by atoms with E-state index in [9.17, 15) is 9.18 Å². The summed E-state index contributed by atoms with van der Waals surface area (Å²) >= 11 is 3.24. The van der Waals surface area contributed by atoms with Gasteiger partial charge in [0.2, 0.25) is 0 Å². The molecule has 1 fully saturated rings. The van der Waals surface area contributed by atoms with Crippen LogP contribution in [0.2, 0.25) is 0 Å². The molecule has 1 aromatic carbocycles. The second-order valence-electron chi connectivity index (χ2n) is 6.71. The molecule has 1 aliphatic heterocycles. The summed E-state index contributed by atoms with van der Waals surface area (Å²) in [6.07, 6.45) is 5.37. The number of halogens is 2. The van der Waals surface area contributed by atoms with Gasteiger partial charge >= 0.3 is 0 Å². The number of nitrogens with one attached hydrogen (secondary N) is 1. The standard InChI is InChI=1S/C19H28BrFN2O2/c1-14-7-3-5-11-23(14)12-6-4-10-22-19(24)15(2)25-18-9-8-16(21)13-17(18)20/h8-9,13-15H,3-7,10-12H2,1-2H3,(H,22,24)/t14-,15+/m0/s1. The highest BCUT2D eigenvalue weighted by Crippen LogP contribution is 2.26. The van der Waals surface area contributed by atoms with Crippen molar-refractivity contribution in [1.29, 1.82) is 0 Å². The number of carbonyl (C=O) groups excluding carboxylic acids is 1. The van der Waals surface area contributed by atoms with E-state index < -0.39 is 6.10 Å². The Hall–Kier alpha value is -1.14. The highest BCUT2D eigenvalue weighted by molar-refractivity contribution is 9.10. The number of amides is 1. The monoisotopic (exact) mass is 414 g/mol. The summed E-state index contributed by atoms with van der Waals surface area (Å²) in [6.45, 7) is 6.95. The van der Waals surface area contributed by atoms with Gasteiger partial charge in [-0.05, 0) is 86.7 Å². The summed E-state index contributed by atoms with van der Waals surface area (Å²) in [6, 6.07) is 4.84. The van der Waals surface area contributed by atoms with E-state index in [1.807, 2.05) is 0 Å². The molecule has 1 heterocycles. The van der Waals surface area contributed by atoms with Crippen LogP contribution < -0.4 is 10.1 Å². The minimum atomic E-state index is -0.621. The van der Waals surface area contributed by atoms with Crippen molar-refractivity contribution in [3.8, 4) is 5.75 Å². The molecule has 6 heteroatoms. The Morgan fingerprint density at radius 3 is 2.96 bits per heavy atom. The molecular weight excluding hydrogens is 387 g/mol. The summed E-state index contributed by atoms with van der Waals surface area (Å²) in [5, 5.41) is 2.91. The van der Waals surface area contributed by atoms with Crippen LogP contribution in [0, 0.1) is 5.82 Å². The molecule has 4 nitrogen and oxygen atoms in total. The van der Waals surface area contributed by atoms with Crippen molar-refractivity contribution >= 4 is 21.8 Å². The molecule has 1 saturated heterocycles. The summed E-state index contributed by atoms with van der Waals surface area (Å²) < 4.78 is 19.2. The molecule has 0 saturated carbocycles. The summed E-state index contributed by atoms with van der Waals surface area (Å²) in [5.41, 5.74) is 0. The Labute approximate surface area is 158 Å². The third kappa shape index (κ3) is 6.59. The van der Waals surface area contributed by atoms with Crippen LogP contribution in [0.3, 0.4) is 0 Å². The smallest absolute Gasteiger partial charge is 0.260 e. The molecular formula is C19H28BrFN2O2. The zero-order valence-corrected chi connectivity index (χ0v) is 16.6. The van der Waals surface area contributed by atoms with Gasteiger partial charge in [-0.2, -0.15) is 0 Å². The number of ether oxygens (including phenoxy) is 1. The van der Waals surface area contributed by atoms with Gasteiger partial charge in [0.25, 0.3) is 5.91 Å². The molecule has 1 N–H and O–H groups in total. The van der Waals surface area contributed by atoms with Crippen molar-refractivity contribution < 1.29 is 13.9 Å². The highest BCUT2D eigenvalue weighted by atomic mass is 79.9. The second-order valence-corrected chi connectivity index (χ2v) is 7.57. The lowest BCUT2D eigenvalue weighted by atomic mass is 10.0. The van der Waals surface area contributed by atoms with E-state index in [1.54, 1.807) is 6.92 Å². The topological polar surface area (TPSA) is 41.6 Å². The number of rotatable bonds is 8. The van der Waals surface area contributed by atoms with Gasteiger partial charge in [0.15, 0.2) is 6.10 Å². The summed E-state index contributed by atoms with van der Waals surface area (Å²) in [7, 11) is 0. The fraction of sp³-hybridized carbons (Fsp3) is 0.632. The molecule has 0 unspecified atom stereocenters. The number of unbranched alkanes of at least 4 members (excludes halogenated alkanes) is 1. The normalized spacial score (nSPS) is 19.4. The number of hydrogen-bond acceptors (Lipinski definition) is 3. The molecule has 2 atom stereocenters. The van der Waals surface area contributed by atoms with E-state index in [2.05, 4.69) is 33.1 Å². The third-order valence-corrected chi connectivity index (χ3v) is 5.30. The minimum absolute atomic E-state index is 0.150. The van der Waals surface area contributed by atoms with Crippen molar-refractivity contribution in [1.82, 2.24) is 10.2 Å². The maximum Gasteiger partial charge on any atom is 0.260 e. The molecule has 25 heavy (non-hydrogen) atoms. The molecule has 0 radical (unpaired) electrons. The van der Waals surface area contributed by atoms with Crippen molar-refractivity contribution in [3.05, 3.63) is 28.5 Å². The van der Waals surface area contributed by atoms with E-state index in [0.717, 1.165) is 19.4 Å². The van der Waals surface area contributed by atoms with Crippen molar-refractivity contribution in [3.63, 3.8) is 0 Å². The van der Waals surface area contributed by atoms with Crippen LogP contribution in [0.5, 0.6) is 5.75 Å². The number of benzene rings is 1. The number of hydrogen-bond donors (Lipinski definition) is 1. The van der Waals surface area contributed by atoms with Gasteiger partial charge < -0.3 is 15.0 Å². The maximum atomic E-state index is 13.1. The molecule has 0 bridgehead atoms. The van der Waals surface area contributed by atoms with Crippen LogP contribution in [0.4, 0.5) is 4.39 Å². The Kier molecular flexibility index (Phi) is 8.16. The zero-order chi connectivity index (χ0) is 18.2. The maximum absolute atomic E-state index is 13.1. The fourth-order valence-corrected chi connectivity index (χ4v) is 3.54. The SMILES string of the molecule is C[C@@H](Oc1ccc(F)cc1Br)C(=O)NCCCCN1CCCC[C@@H]1C. The number of nitrogens with zero attached hydrogens (tertiary/aromatic N) is 1. The molecule has 0 spiro atoms. The first-order valence-electron chi connectivity index (χ1n) is 9.11. The molecule has 0 aromatic heterocycles. The molecule has 1 aromatic rings. The molecule has 2 rings (SSSR count). The van der Waals surface area contributed by atoms with E-state index in [1.165, 1.54) is 44.0 Å². The van der Waals surface area contributed by atoms with Crippen LogP contribution in [0.25, 0.3) is 0 Å². The van der Waals surface area contributed by atoms with Crippen LogP contribution in [0.1, 0.15) is 46.0 Å². The zero-order valence-electron chi connectivity index (χ0n) is 15.1. The van der Waals surface area contributed by atoms with Crippen molar-refractivity contribution in [2.75, 3.05) is 19.6 Å². The van der Waals surface area contributed by atoms with Crippen molar-refractivity contribution in [2.24, 2.45) is 0 Å². The van der Waals surface area contributed by atoms with E-state index >= 15 is 0 Å². The lowest BCUT2D eigenvalue weighted by Gasteiger charge is -2.33. The first-order valence-corrected chi connectivity index (χ1v) is 9.90. The first-order chi connectivity index (χ1) is 12.0. The van der Waals surface area contributed by atoms with E-state index in [-0.39, 0.29) is 11.7 Å². The Bertz CT molecular complexity index is 570. The average molecular weight is 415 g/mol. The minimum Gasteiger partial charge on any atom is -0.480 e. The van der Waals surface area contributed by atoms with E-state index in [0.29, 0.717) is 22.8 Å². The molecule has 1 amide bonds. The first kappa shape index (κ1) is 20.2. The van der Waals surface area contributed by atoms with Crippen LogP contribution in [-0.2, 0) is 4.79 Å². The van der Waals surface area contributed by atoms with Crippen LogP contribution >= 0.6 is 15.9 Å².